The average Bonchev–Trinajstić information content (AvgIpc) is 3.07. The third-order valence-corrected chi connectivity index (χ3v) is 6.73. The highest BCUT2D eigenvalue weighted by molar-refractivity contribution is 7.19. The molecule has 1 aromatic heterocycles. The lowest BCUT2D eigenvalue weighted by Crippen LogP contribution is -2.15. The highest BCUT2D eigenvalue weighted by Gasteiger charge is 2.27. The summed E-state index contributed by atoms with van der Waals surface area (Å²) in [4.78, 5) is 38.5. The van der Waals surface area contributed by atoms with Gasteiger partial charge < -0.3 is 15.4 Å². The molecular formula is C22H17Cl3N2O4S. The fourth-order valence-electron chi connectivity index (χ4n) is 2.86. The Morgan fingerprint density at radius 1 is 0.938 bits per heavy atom. The Kier molecular flexibility index (Phi) is 7.79. The molecule has 0 fully saturated rings. The van der Waals surface area contributed by atoms with E-state index in [1.165, 1.54) is 0 Å². The van der Waals surface area contributed by atoms with Gasteiger partial charge in [-0.05, 0) is 43.7 Å². The minimum atomic E-state index is -0.657. The van der Waals surface area contributed by atoms with Crippen LogP contribution in [0.1, 0.15) is 42.9 Å². The predicted molar refractivity (Wildman–Crippen MR) is 129 cm³/mol. The van der Waals surface area contributed by atoms with E-state index in [-0.39, 0.29) is 42.7 Å². The van der Waals surface area contributed by atoms with E-state index in [0.29, 0.717) is 11.3 Å². The molecule has 0 radical (unpaired) electrons. The van der Waals surface area contributed by atoms with Gasteiger partial charge in [0.15, 0.2) is 0 Å². The zero-order valence-corrected chi connectivity index (χ0v) is 20.0. The highest BCUT2D eigenvalue weighted by atomic mass is 35.5. The Hall–Kier alpha value is -2.58. The number of ether oxygens (including phenoxy) is 1. The number of benzene rings is 2. The monoisotopic (exact) mass is 510 g/mol. The van der Waals surface area contributed by atoms with Crippen LogP contribution in [0.25, 0.3) is 0 Å². The zero-order chi connectivity index (χ0) is 23.4. The molecule has 0 saturated carbocycles. The lowest BCUT2D eigenvalue weighted by atomic mass is 10.1. The first-order valence-corrected chi connectivity index (χ1v) is 11.3. The summed E-state index contributed by atoms with van der Waals surface area (Å²) in [5.74, 6) is -1.69. The molecule has 2 aromatic carbocycles. The molecule has 0 aliphatic rings. The van der Waals surface area contributed by atoms with Crippen molar-refractivity contribution in [3.63, 3.8) is 0 Å². The van der Waals surface area contributed by atoms with Crippen LogP contribution in [0.15, 0.2) is 42.5 Å². The number of hydrogen-bond acceptors (Lipinski definition) is 5. The molecule has 1 heterocycles. The molecule has 0 aliphatic heterocycles. The summed E-state index contributed by atoms with van der Waals surface area (Å²) in [5, 5.41) is 6.26. The minimum absolute atomic E-state index is 0.0968. The van der Waals surface area contributed by atoms with Crippen LogP contribution in [0.3, 0.4) is 0 Å². The van der Waals surface area contributed by atoms with Gasteiger partial charge in [0.2, 0.25) is 0 Å². The fraction of sp³-hybridized carbons (Fsp3) is 0.136. The van der Waals surface area contributed by atoms with E-state index in [0.717, 1.165) is 11.3 Å². The molecule has 3 rings (SSSR count). The van der Waals surface area contributed by atoms with Crippen molar-refractivity contribution in [3.8, 4) is 0 Å². The van der Waals surface area contributed by atoms with Crippen molar-refractivity contribution in [2.45, 2.75) is 13.8 Å². The molecule has 0 saturated heterocycles. The lowest BCUT2D eigenvalue weighted by molar-refractivity contribution is 0.0527. The second-order valence-corrected chi connectivity index (χ2v) is 8.68. The van der Waals surface area contributed by atoms with Gasteiger partial charge in [-0.25, -0.2) is 4.79 Å². The van der Waals surface area contributed by atoms with E-state index in [1.54, 1.807) is 56.3 Å². The Morgan fingerprint density at radius 3 is 2.31 bits per heavy atom. The van der Waals surface area contributed by atoms with Gasteiger partial charge in [0.1, 0.15) is 5.00 Å². The molecule has 0 bridgehead atoms. The third kappa shape index (κ3) is 5.07. The maximum absolute atomic E-state index is 13.0. The molecular weight excluding hydrogens is 495 g/mol. The van der Waals surface area contributed by atoms with Crippen LogP contribution in [0.2, 0.25) is 15.1 Å². The lowest BCUT2D eigenvalue weighted by Gasteiger charge is -2.08. The number of thiophene rings is 1. The number of anilines is 2. The molecule has 10 heteroatoms. The summed E-state index contributed by atoms with van der Waals surface area (Å²) >= 11 is 19.2. The zero-order valence-electron chi connectivity index (χ0n) is 16.9. The molecule has 2 N–H and O–H groups in total. The molecule has 6 nitrogen and oxygen atoms in total. The van der Waals surface area contributed by atoms with Crippen molar-refractivity contribution in [2.24, 2.45) is 0 Å². The second kappa shape index (κ2) is 10.4. The van der Waals surface area contributed by atoms with Gasteiger partial charge in [-0.2, -0.15) is 0 Å². The van der Waals surface area contributed by atoms with Crippen LogP contribution < -0.4 is 10.6 Å². The summed E-state index contributed by atoms with van der Waals surface area (Å²) < 4.78 is 5.13. The van der Waals surface area contributed by atoms with Crippen molar-refractivity contribution in [2.75, 3.05) is 17.2 Å². The molecule has 0 spiro atoms. The quantitative estimate of drug-likeness (QED) is 0.361. The molecule has 0 aliphatic carbocycles. The van der Waals surface area contributed by atoms with E-state index < -0.39 is 17.8 Å². The standard InChI is InChI=1S/C22H17Cl3N2O4S/c1-3-31-22(30)16-11(2)18(20(29)26-15-10-6-9-14(24)17(15)25)32-21(16)27-19(28)12-7-4-5-8-13(12)23/h4-10H,3H2,1-2H3,(H,26,29)(H,27,28). The molecule has 0 unspecified atom stereocenters. The maximum Gasteiger partial charge on any atom is 0.341 e. The first kappa shape index (κ1) is 24.1. The maximum atomic E-state index is 13.0. The topological polar surface area (TPSA) is 84.5 Å². The van der Waals surface area contributed by atoms with Crippen molar-refractivity contribution >= 4 is 74.6 Å². The SMILES string of the molecule is CCOC(=O)c1c(NC(=O)c2ccccc2Cl)sc(C(=O)Nc2cccc(Cl)c2Cl)c1C. The number of halogens is 3. The van der Waals surface area contributed by atoms with Crippen LogP contribution in [-0.2, 0) is 4.74 Å². The normalized spacial score (nSPS) is 10.5. The second-order valence-electron chi connectivity index (χ2n) is 6.47. The highest BCUT2D eigenvalue weighted by Crippen LogP contribution is 2.36. The molecule has 2 amide bonds. The Morgan fingerprint density at radius 2 is 1.62 bits per heavy atom. The Balaban J connectivity index is 1.98. The molecule has 3 aromatic rings. The van der Waals surface area contributed by atoms with Gasteiger partial charge in [0, 0.05) is 0 Å². The Labute approximate surface area is 203 Å². The van der Waals surface area contributed by atoms with Crippen molar-refractivity contribution in [1.29, 1.82) is 0 Å². The summed E-state index contributed by atoms with van der Waals surface area (Å²) in [6.45, 7) is 3.39. The van der Waals surface area contributed by atoms with Crippen LogP contribution in [-0.4, -0.2) is 24.4 Å². The van der Waals surface area contributed by atoms with Crippen molar-refractivity contribution < 1.29 is 19.1 Å². The van der Waals surface area contributed by atoms with Crippen molar-refractivity contribution in [3.05, 3.63) is 79.1 Å². The smallest absolute Gasteiger partial charge is 0.341 e. The van der Waals surface area contributed by atoms with Crippen LogP contribution >= 0.6 is 46.1 Å². The van der Waals surface area contributed by atoms with Gasteiger partial charge >= 0.3 is 5.97 Å². The van der Waals surface area contributed by atoms with E-state index in [1.807, 2.05) is 0 Å². The van der Waals surface area contributed by atoms with Gasteiger partial charge in [-0.15, -0.1) is 11.3 Å². The molecule has 32 heavy (non-hydrogen) atoms. The summed E-state index contributed by atoms with van der Waals surface area (Å²) in [6, 6.07) is 11.3. The first-order chi connectivity index (χ1) is 15.2. The van der Waals surface area contributed by atoms with Gasteiger partial charge in [-0.3, -0.25) is 9.59 Å². The molecule has 166 valence electrons. The number of amides is 2. The first-order valence-electron chi connectivity index (χ1n) is 9.36. The number of carbonyl (C=O) groups is 3. The average molecular weight is 512 g/mol. The van der Waals surface area contributed by atoms with E-state index in [2.05, 4.69) is 10.6 Å². The summed E-state index contributed by atoms with van der Waals surface area (Å²) in [6.07, 6.45) is 0. The van der Waals surface area contributed by atoms with Crippen LogP contribution in [0, 0.1) is 6.92 Å². The molecule has 0 atom stereocenters. The summed E-state index contributed by atoms with van der Waals surface area (Å²) in [7, 11) is 0. The van der Waals surface area contributed by atoms with E-state index in [9.17, 15) is 14.4 Å². The Bertz CT molecular complexity index is 1210. The van der Waals surface area contributed by atoms with Gasteiger partial charge in [-0.1, -0.05) is 53.0 Å². The number of nitrogens with one attached hydrogen (secondary N) is 2. The fourth-order valence-corrected chi connectivity index (χ4v) is 4.52. The van der Waals surface area contributed by atoms with Crippen LogP contribution in [0.5, 0.6) is 0 Å². The number of hydrogen-bond donors (Lipinski definition) is 2. The van der Waals surface area contributed by atoms with E-state index in [4.69, 9.17) is 39.5 Å². The van der Waals surface area contributed by atoms with Crippen LogP contribution in [0.4, 0.5) is 10.7 Å². The number of carbonyl (C=O) groups excluding carboxylic acids is 3. The summed E-state index contributed by atoms with van der Waals surface area (Å²) in [5.41, 5.74) is 1.00. The van der Waals surface area contributed by atoms with E-state index >= 15 is 0 Å². The number of esters is 1. The van der Waals surface area contributed by atoms with Gasteiger partial charge in [0.05, 0.1) is 43.4 Å². The van der Waals surface area contributed by atoms with Gasteiger partial charge in [0.25, 0.3) is 11.8 Å². The largest absolute Gasteiger partial charge is 0.462 e. The minimum Gasteiger partial charge on any atom is -0.462 e. The number of rotatable bonds is 6. The third-order valence-electron chi connectivity index (χ3n) is 4.38. The van der Waals surface area contributed by atoms with Crippen molar-refractivity contribution in [1.82, 2.24) is 0 Å². The predicted octanol–water partition coefficient (Wildman–Crippen LogP) is 6.70.